The number of halogens is 1. The molecule has 1 aromatic carbocycles. The second-order valence-electron chi connectivity index (χ2n) is 6.12. The Morgan fingerprint density at radius 1 is 1.35 bits per heavy atom. The quantitative estimate of drug-likeness (QED) is 0.696. The van der Waals surface area contributed by atoms with Crippen molar-refractivity contribution >= 4 is 28.3 Å². The van der Waals surface area contributed by atoms with Crippen molar-refractivity contribution in [3.8, 4) is 5.75 Å². The minimum absolute atomic E-state index is 0. The Morgan fingerprint density at radius 3 is 2.62 bits per heavy atom. The van der Waals surface area contributed by atoms with E-state index in [1.54, 1.807) is 6.07 Å². The molecule has 0 unspecified atom stereocenters. The molecule has 0 radical (unpaired) electrons. The van der Waals surface area contributed by atoms with E-state index >= 15 is 0 Å². The van der Waals surface area contributed by atoms with Gasteiger partial charge in [-0.3, -0.25) is 4.79 Å². The molecule has 0 aliphatic carbocycles. The Labute approximate surface area is 159 Å². The van der Waals surface area contributed by atoms with Crippen molar-refractivity contribution in [1.82, 2.24) is 14.9 Å². The highest BCUT2D eigenvalue weighted by atomic mass is 35.5. The van der Waals surface area contributed by atoms with Gasteiger partial charge >= 0.3 is 0 Å². The molecule has 1 aromatic rings. The van der Waals surface area contributed by atoms with Gasteiger partial charge in [-0.2, -0.15) is 4.31 Å². The van der Waals surface area contributed by atoms with Gasteiger partial charge in [0, 0.05) is 44.2 Å². The zero-order chi connectivity index (χ0) is 17.9. The number of hydrogen-bond acceptors (Lipinski definition) is 6. The molecule has 10 heteroatoms. The summed E-state index contributed by atoms with van der Waals surface area (Å²) in [5, 5.41) is 5.99. The number of hydrogen-bond donors (Lipinski definition) is 2. The molecule has 0 saturated carbocycles. The fraction of sp³-hybridized carbons (Fsp3) is 0.562. The van der Waals surface area contributed by atoms with E-state index in [-0.39, 0.29) is 42.0 Å². The van der Waals surface area contributed by atoms with Gasteiger partial charge in [-0.05, 0) is 18.2 Å². The molecule has 2 N–H and O–H groups in total. The SMILES string of the molecule is COc1ccc(C(=O)NCC2CNC2)cc1S(=O)(=O)N1CCOCC1.Cl. The fourth-order valence-corrected chi connectivity index (χ4v) is 4.37. The van der Waals surface area contributed by atoms with Crippen molar-refractivity contribution in [3.63, 3.8) is 0 Å². The van der Waals surface area contributed by atoms with Gasteiger partial charge in [0.05, 0.1) is 20.3 Å². The number of rotatable bonds is 6. The first-order valence-electron chi connectivity index (χ1n) is 8.27. The molecule has 26 heavy (non-hydrogen) atoms. The lowest BCUT2D eigenvalue weighted by Gasteiger charge is -2.27. The second-order valence-corrected chi connectivity index (χ2v) is 8.02. The van der Waals surface area contributed by atoms with Crippen LogP contribution in [0.5, 0.6) is 5.75 Å². The van der Waals surface area contributed by atoms with Gasteiger partial charge in [-0.1, -0.05) is 0 Å². The Hall–Kier alpha value is -1.39. The first-order chi connectivity index (χ1) is 12.0. The summed E-state index contributed by atoms with van der Waals surface area (Å²) in [6.07, 6.45) is 0. The molecule has 2 aliphatic rings. The molecule has 0 atom stereocenters. The lowest BCUT2D eigenvalue weighted by atomic mass is 10.0. The maximum absolute atomic E-state index is 12.9. The molecule has 2 heterocycles. The van der Waals surface area contributed by atoms with Crippen LogP contribution < -0.4 is 15.4 Å². The summed E-state index contributed by atoms with van der Waals surface area (Å²) in [6, 6.07) is 4.48. The first-order valence-corrected chi connectivity index (χ1v) is 9.71. The number of ether oxygens (including phenoxy) is 2. The normalized spacial score (nSPS) is 18.5. The van der Waals surface area contributed by atoms with Crippen molar-refractivity contribution in [1.29, 1.82) is 0 Å². The number of carbonyl (C=O) groups excluding carboxylic acids is 1. The van der Waals surface area contributed by atoms with E-state index in [2.05, 4.69) is 10.6 Å². The number of carbonyl (C=O) groups is 1. The zero-order valence-corrected chi connectivity index (χ0v) is 16.2. The number of benzene rings is 1. The smallest absolute Gasteiger partial charge is 0.251 e. The van der Waals surface area contributed by atoms with Crippen LogP contribution in [0.25, 0.3) is 0 Å². The molecule has 146 valence electrons. The van der Waals surface area contributed by atoms with Crippen LogP contribution in [0.3, 0.4) is 0 Å². The number of methoxy groups -OCH3 is 1. The highest BCUT2D eigenvalue weighted by Crippen LogP contribution is 2.28. The van der Waals surface area contributed by atoms with Crippen molar-refractivity contribution in [2.75, 3.05) is 53.0 Å². The largest absolute Gasteiger partial charge is 0.495 e. The third-order valence-corrected chi connectivity index (χ3v) is 6.35. The van der Waals surface area contributed by atoms with E-state index in [9.17, 15) is 13.2 Å². The summed E-state index contributed by atoms with van der Waals surface area (Å²) in [7, 11) is -2.33. The second kappa shape index (κ2) is 9.01. The van der Waals surface area contributed by atoms with E-state index < -0.39 is 10.0 Å². The molecule has 3 rings (SSSR count). The molecule has 2 fully saturated rings. The summed E-state index contributed by atoms with van der Waals surface area (Å²) >= 11 is 0. The number of morpholine rings is 1. The average Bonchev–Trinajstić information content (AvgIpc) is 2.60. The van der Waals surface area contributed by atoms with E-state index in [1.807, 2.05) is 0 Å². The fourth-order valence-electron chi connectivity index (χ4n) is 2.78. The number of nitrogens with zero attached hydrogens (tertiary/aromatic N) is 1. The maximum Gasteiger partial charge on any atom is 0.251 e. The minimum Gasteiger partial charge on any atom is -0.495 e. The van der Waals surface area contributed by atoms with E-state index in [4.69, 9.17) is 9.47 Å². The number of sulfonamides is 1. The standard InChI is InChI=1S/C16H23N3O5S.ClH/c1-23-14-3-2-13(16(20)18-11-12-9-17-10-12)8-15(14)25(21,22)19-4-6-24-7-5-19;/h2-3,8,12,17H,4-7,9-11H2,1H3,(H,18,20);1H. The Kier molecular flexibility index (Phi) is 7.24. The zero-order valence-electron chi connectivity index (χ0n) is 14.6. The van der Waals surface area contributed by atoms with Crippen LogP contribution in [0.4, 0.5) is 0 Å². The molecule has 0 spiro atoms. The summed E-state index contributed by atoms with van der Waals surface area (Å²) in [4.78, 5) is 12.4. The first kappa shape index (κ1) is 20.9. The Morgan fingerprint density at radius 2 is 2.04 bits per heavy atom. The van der Waals surface area contributed by atoms with E-state index in [0.717, 1.165) is 13.1 Å². The summed E-state index contributed by atoms with van der Waals surface area (Å²) in [5.74, 6) is 0.373. The van der Waals surface area contributed by atoms with Crippen molar-refractivity contribution in [3.05, 3.63) is 23.8 Å². The Bertz CT molecular complexity index is 733. The van der Waals surface area contributed by atoms with Crippen molar-refractivity contribution in [2.45, 2.75) is 4.90 Å². The molecule has 8 nitrogen and oxygen atoms in total. The van der Waals surface area contributed by atoms with Crippen molar-refractivity contribution < 1.29 is 22.7 Å². The van der Waals surface area contributed by atoms with Crippen LogP contribution >= 0.6 is 12.4 Å². The van der Waals surface area contributed by atoms with Gasteiger partial charge in [0.1, 0.15) is 10.6 Å². The number of amides is 1. The highest BCUT2D eigenvalue weighted by molar-refractivity contribution is 7.89. The maximum atomic E-state index is 12.9. The molecule has 1 amide bonds. The van der Waals surface area contributed by atoms with Gasteiger partial charge < -0.3 is 20.1 Å². The van der Waals surface area contributed by atoms with Crippen LogP contribution in [0.1, 0.15) is 10.4 Å². The third-order valence-electron chi connectivity index (χ3n) is 4.43. The third kappa shape index (κ3) is 4.47. The molecule has 0 aromatic heterocycles. The van der Waals surface area contributed by atoms with Gasteiger partial charge in [0.15, 0.2) is 0 Å². The molecule has 0 bridgehead atoms. The molecular weight excluding hydrogens is 382 g/mol. The van der Waals surface area contributed by atoms with Gasteiger partial charge in [-0.25, -0.2) is 8.42 Å². The van der Waals surface area contributed by atoms with Crippen LogP contribution in [-0.4, -0.2) is 71.7 Å². The van der Waals surface area contributed by atoms with Crippen molar-refractivity contribution in [2.24, 2.45) is 5.92 Å². The van der Waals surface area contributed by atoms with Crippen LogP contribution in [-0.2, 0) is 14.8 Å². The summed E-state index contributed by atoms with van der Waals surface area (Å²) in [5.41, 5.74) is 0.305. The lowest BCUT2D eigenvalue weighted by molar-refractivity contribution is 0.0729. The monoisotopic (exact) mass is 405 g/mol. The number of nitrogens with one attached hydrogen (secondary N) is 2. The highest BCUT2D eigenvalue weighted by Gasteiger charge is 2.30. The van der Waals surface area contributed by atoms with E-state index in [1.165, 1.54) is 23.5 Å². The van der Waals surface area contributed by atoms with E-state index in [0.29, 0.717) is 31.2 Å². The van der Waals surface area contributed by atoms with Gasteiger partial charge in [-0.15, -0.1) is 12.4 Å². The van der Waals surface area contributed by atoms with Crippen LogP contribution in [0.2, 0.25) is 0 Å². The van der Waals surface area contributed by atoms with Crippen LogP contribution in [0, 0.1) is 5.92 Å². The van der Waals surface area contributed by atoms with Gasteiger partial charge in [0.2, 0.25) is 10.0 Å². The molecular formula is C16H24ClN3O5S. The predicted molar refractivity (Wildman–Crippen MR) is 98.5 cm³/mol. The Balaban J connectivity index is 0.00000243. The molecule has 2 aliphatic heterocycles. The summed E-state index contributed by atoms with van der Waals surface area (Å²) in [6.45, 7) is 3.64. The van der Waals surface area contributed by atoms with Crippen LogP contribution in [0.15, 0.2) is 23.1 Å². The summed E-state index contributed by atoms with van der Waals surface area (Å²) < 4.78 is 37.6. The minimum atomic E-state index is -3.75. The van der Waals surface area contributed by atoms with Gasteiger partial charge in [0.25, 0.3) is 5.91 Å². The lowest BCUT2D eigenvalue weighted by Crippen LogP contribution is -2.48. The molecule has 2 saturated heterocycles. The predicted octanol–water partition coefficient (Wildman–Crippen LogP) is 0.0871. The topological polar surface area (TPSA) is 97.0 Å². The average molecular weight is 406 g/mol.